The van der Waals surface area contributed by atoms with Crippen LogP contribution in [0.15, 0.2) is 15.9 Å². The molecule has 0 bridgehead atoms. The normalized spacial score (nSPS) is 16.0. The summed E-state index contributed by atoms with van der Waals surface area (Å²) in [6, 6.07) is 1.88. The van der Waals surface area contributed by atoms with Crippen LogP contribution in [0.3, 0.4) is 0 Å². The summed E-state index contributed by atoms with van der Waals surface area (Å²) in [5.74, 6) is 0.367. The zero-order valence-electron chi connectivity index (χ0n) is 15.0. The van der Waals surface area contributed by atoms with Crippen molar-refractivity contribution in [1.82, 2.24) is 30.0 Å². The SMILES string of the molecule is Cc1cc(C)nc(-n2[nH]c(C)c(C=NCCN3CCNCC3)c2=O)n1. The van der Waals surface area contributed by atoms with Gasteiger partial charge in [0.1, 0.15) is 0 Å². The Morgan fingerprint density at radius 3 is 2.56 bits per heavy atom. The Kier molecular flexibility index (Phi) is 5.40. The van der Waals surface area contributed by atoms with Gasteiger partial charge in [-0.25, -0.2) is 9.97 Å². The van der Waals surface area contributed by atoms with Crippen LogP contribution in [0.2, 0.25) is 0 Å². The van der Waals surface area contributed by atoms with Gasteiger partial charge in [0.15, 0.2) is 0 Å². The maximum atomic E-state index is 12.7. The molecule has 0 radical (unpaired) electrons. The molecule has 1 aliphatic heterocycles. The molecule has 134 valence electrons. The molecule has 3 heterocycles. The fraction of sp³-hybridized carbons (Fsp3) is 0.529. The molecule has 2 N–H and O–H groups in total. The average Bonchev–Trinajstić information content (AvgIpc) is 2.86. The van der Waals surface area contributed by atoms with E-state index in [9.17, 15) is 4.79 Å². The molecule has 0 aromatic carbocycles. The van der Waals surface area contributed by atoms with Gasteiger partial charge in [0.05, 0.1) is 12.1 Å². The van der Waals surface area contributed by atoms with Crippen molar-refractivity contribution >= 4 is 6.21 Å². The molecular weight excluding hydrogens is 318 g/mol. The van der Waals surface area contributed by atoms with Crippen molar-refractivity contribution in [3.8, 4) is 5.95 Å². The molecule has 2 aromatic heterocycles. The van der Waals surface area contributed by atoms with Crippen LogP contribution in [0.5, 0.6) is 0 Å². The van der Waals surface area contributed by atoms with Crippen LogP contribution in [-0.4, -0.2) is 70.1 Å². The van der Waals surface area contributed by atoms with Crippen molar-refractivity contribution in [2.75, 3.05) is 39.3 Å². The van der Waals surface area contributed by atoms with E-state index in [4.69, 9.17) is 0 Å². The van der Waals surface area contributed by atoms with Crippen molar-refractivity contribution in [2.45, 2.75) is 20.8 Å². The van der Waals surface area contributed by atoms with Gasteiger partial charge in [0, 0.05) is 56.0 Å². The number of H-pyrrole nitrogens is 1. The number of nitrogens with one attached hydrogen (secondary N) is 2. The molecule has 0 spiro atoms. The lowest BCUT2D eigenvalue weighted by atomic mass is 10.3. The number of piperazine rings is 1. The van der Waals surface area contributed by atoms with E-state index in [0.717, 1.165) is 49.8 Å². The van der Waals surface area contributed by atoms with E-state index in [-0.39, 0.29) is 5.56 Å². The van der Waals surface area contributed by atoms with Crippen LogP contribution in [-0.2, 0) is 0 Å². The smallest absolute Gasteiger partial charge is 0.282 e. The second-order valence-corrected chi connectivity index (χ2v) is 6.37. The summed E-state index contributed by atoms with van der Waals surface area (Å²) < 4.78 is 1.38. The van der Waals surface area contributed by atoms with E-state index < -0.39 is 0 Å². The molecule has 3 rings (SSSR count). The highest BCUT2D eigenvalue weighted by Crippen LogP contribution is 2.04. The number of hydrogen-bond acceptors (Lipinski definition) is 6. The first-order valence-corrected chi connectivity index (χ1v) is 8.62. The number of nitrogens with zero attached hydrogens (tertiary/aromatic N) is 5. The highest BCUT2D eigenvalue weighted by Gasteiger charge is 2.13. The fourth-order valence-electron chi connectivity index (χ4n) is 2.95. The number of aromatic nitrogens is 4. The van der Waals surface area contributed by atoms with Gasteiger partial charge in [-0.2, -0.15) is 4.68 Å². The highest BCUT2D eigenvalue weighted by molar-refractivity contribution is 5.80. The van der Waals surface area contributed by atoms with Gasteiger partial charge in [0.2, 0.25) is 0 Å². The second-order valence-electron chi connectivity index (χ2n) is 6.37. The van der Waals surface area contributed by atoms with E-state index in [1.165, 1.54) is 4.68 Å². The molecule has 1 saturated heterocycles. The Bertz CT molecular complexity index is 795. The standard InChI is InChI=1S/C17H25N7O/c1-12-10-13(2)21-17(20-12)24-16(25)15(14(3)22-24)11-19-6-9-23-7-4-18-5-8-23/h10-11,18,22H,4-9H2,1-3H3. The van der Waals surface area contributed by atoms with Gasteiger partial charge in [-0.1, -0.05) is 0 Å². The first kappa shape index (κ1) is 17.5. The lowest BCUT2D eigenvalue weighted by Crippen LogP contribution is -2.44. The maximum Gasteiger partial charge on any atom is 0.282 e. The number of aromatic amines is 1. The zero-order chi connectivity index (χ0) is 17.8. The van der Waals surface area contributed by atoms with Crippen molar-refractivity contribution < 1.29 is 0 Å². The van der Waals surface area contributed by atoms with Gasteiger partial charge < -0.3 is 5.32 Å². The summed E-state index contributed by atoms with van der Waals surface area (Å²) in [6.07, 6.45) is 1.66. The van der Waals surface area contributed by atoms with E-state index in [1.54, 1.807) is 6.21 Å². The van der Waals surface area contributed by atoms with Gasteiger partial charge >= 0.3 is 0 Å². The molecule has 0 amide bonds. The predicted molar refractivity (Wildman–Crippen MR) is 98.0 cm³/mol. The zero-order valence-corrected chi connectivity index (χ0v) is 15.0. The lowest BCUT2D eigenvalue weighted by molar-refractivity contribution is 0.248. The van der Waals surface area contributed by atoms with Crippen molar-refractivity contribution in [3.63, 3.8) is 0 Å². The summed E-state index contributed by atoms with van der Waals surface area (Å²) in [6.45, 7) is 11.4. The fourth-order valence-corrected chi connectivity index (χ4v) is 2.95. The van der Waals surface area contributed by atoms with Crippen LogP contribution in [0.1, 0.15) is 22.6 Å². The van der Waals surface area contributed by atoms with Crippen molar-refractivity contribution in [3.05, 3.63) is 39.1 Å². The van der Waals surface area contributed by atoms with Crippen molar-refractivity contribution in [1.29, 1.82) is 0 Å². The molecule has 1 fully saturated rings. The topological polar surface area (TPSA) is 91.2 Å². The molecule has 0 saturated carbocycles. The number of hydrogen-bond donors (Lipinski definition) is 2. The van der Waals surface area contributed by atoms with Crippen LogP contribution >= 0.6 is 0 Å². The van der Waals surface area contributed by atoms with E-state index in [0.29, 0.717) is 18.1 Å². The molecule has 0 unspecified atom stereocenters. The van der Waals surface area contributed by atoms with Crippen molar-refractivity contribution in [2.24, 2.45) is 4.99 Å². The molecule has 0 aliphatic carbocycles. The molecule has 8 heteroatoms. The minimum absolute atomic E-state index is 0.173. The molecule has 2 aromatic rings. The Morgan fingerprint density at radius 2 is 1.88 bits per heavy atom. The number of rotatable bonds is 5. The van der Waals surface area contributed by atoms with Crippen LogP contribution in [0.4, 0.5) is 0 Å². The van der Waals surface area contributed by atoms with E-state index >= 15 is 0 Å². The minimum Gasteiger partial charge on any atom is -0.314 e. The molecular formula is C17H25N7O. The largest absolute Gasteiger partial charge is 0.314 e. The number of aliphatic imine (C=N–C) groups is 1. The summed E-state index contributed by atoms with van der Waals surface area (Å²) in [5, 5.41) is 6.38. The summed E-state index contributed by atoms with van der Waals surface area (Å²) in [7, 11) is 0. The summed E-state index contributed by atoms with van der Waals surface area (Å²) in [4.78, 5) is 28.1. The van der Waals surface area contributed by atoms with Crippen LogP contribution < -0.4 is 10.9 Å². The lowest BCUT2D eigenvalue weighted by Gasteiger charge is -2.26. The Morgan fingerprint density at radius 1 is 1.20 bits per heavy atom. The van der Waals surface area contributed by atoms with Gasteiger partial charge in [-0.15, -0.1) is 0 Å². The average molecular weight is 343 g/mol. The summed E-state index contributed by atoms with van der Waals surface area (Å²) in [5.41, 5.74) is 2.80. The second kappa shape index (κ2) is 7.71. The molecule has 25 heavy (non-hydrogen) atoms. The Hall–Kier alpha value is -2.32. The monoisotopic (exact) mass is 343 g/mol. The third kappa shape index (κ3) is 4.21. The third-order valence-electron chi connectivity index (χ3n) is 4.26. The van der Waals surface area contributed by atoms with Gasteiger partial charge in [0.25, 0.3) is 11.5 Å². The first-order chi connectivity index (χ1) is 12.0. The van der Waals surface area contributed by atoms with Gasteiger partial charge in [-0.3, -0.25) is 19.8 Å². The Labute approximate surface area is 147 Å². The highest BCUT2D eigenvalue weighted by atomic mass is 16.1. The number of aryl methyl sites for hydroxylation is 3. The van der Waals surface area contributed by atoms with Gasteiger partial charge in [-0.05, 0) is 26.8 Å². The third-order valence-corrected chi connectivity index (χ3v) is 4.26. The minimum atomic E-state index is -0.173. The molecule has 0 atom stereocenters. The predicted octanol–water partition coefficient (Wildman–Crippen LogP) is 0.205. The molecule has 8 nitrogen and oxygen atoms in total. The first-order valence-electron chi connectivity index (χ1n) is 8.62. The van der Waals surface area contributed by atoms with E-state index in [2.05, 4.69) is 30.3 Å². The summed E-state index contributed by atoms with van der Waals surface area (Å²) >= 11 is 0. The van der Waals surface area contributed by atoms with Crippen LogP contribution in [0, 0.1) is 20.8 Å². The maximum absolute atomic E-state index is 12.7. The van der Waals surface area contributed by atoms with Crippen LogP contribution in [0.25, 0.3) is 5.95 Å². The molecule has 1 aliphatic rings. The van der Waals surface area contributed by atoms with E-state index in [1.807, 2.05) is 26.8 Å². The Balaban J connectivity index is 1.73. The quantitative estimate of drug-likeness (QED) is 0.757.